The zero-order valence-corrected chi connectivity index (χ0v) is 8.92. The summed E-state index contributed by atoms with van der Waals surface area (Å²) in [5, 5.41) is 0. The summed E-state index contributed by atoms with van der Waals surface area (Å²) in [5.74, 6) is -3.24. The monoisotopic (exact) mass is 218 g/mol. The standard InChI is InChI=1S/C10H15FO4/c1-3-5-14-9(12)7-8(11)10(13)15-6-4-2/h7H,3-6H2,1-2H3. The van der Waals surface area contributed by atoms with Gasteiger partial charge in [-0.05, 0) is 12.8 Å². The maximum Gasteiger partial charge on any atom is 0.367 e. The summed E-state index contributed by atoms with van der Waals surface area (Å²) >= 11 is 0. The fraction of sp³-hybridized carbons (Fsp3) is 0.600. The van der Waals surface area contributed by atoms with E-state index in [1.165, 1.54) is 0 Å². The predicted octanol–water partition coefficient (Wildman–Crippen LogP) is 1.75. The number of rotatable bonds is 6. The number of carbonyl (C=O) groups excluding carboxylic acids is 2. The molecule has 0 aromatic rings. The van der Waals surface area contributed by atoms with Crippen LogP contribution in [0.1, 0.15) is 26.7 Å². The van der Waals surface area contributed by atoms with Gasteiger partial charge in [0.2, 0.25) is 5.83 Å². The van der Waals surface area contributed by atoms with E-state index in [2.05, 4.69) is 9.47 Å². The second-order valence-electron chi connectivity index (χ2n) is 2.80. The van der Waals surface area contributed by atoms with Crippen LogP contribution in [0.15, 0.2) is 11.9 Å². The van der Waals surface area contributed by atoms with E-state index in [1.54, 1.807) is 6.92 Å². The van der Waals surface area contributed by atoms with E-state index in [-0.39, 0.29) is 13.2 Å². The molecule has 0 amide bonds. The Bertz CT molecular complexity index is 248. The Labute approximate surface area is 88.0 Å². The molecule has 0 N–H and O–H groups in total. The molecule has 0 aromatic heterocycles. The second kappa shape index (κ2) is 7.96. The van der Waals surface area contributed by atoms with Crippen LogP contribution in [0.2, 0.25) is 0 Å². The number of ether oxygens (including phenoxy) is 2. The lowest BCUT2D eigenvalue weighted by Gasteiger charge is -2.00. The van der Waals surface area contributed by atoms with Gasteiger partial charge in [0.1, 0.15) is 0 Å². The number of hydrogen-bond acceptors (Lipinski definition) is 4. The van der Waals surface area contributed by atoms with Crippen molar-refractivity contribution in [2.75, 3.05) is 13.2 Å². The van der Waals surface area contributed by atoms with Crippen LogP contribution in [0.25, 0.3) is 0 Å². The van der Waals surface area contributed by atoms with Gasteiger partial charge < -0.3 is 9.47 Å². The van der Waals surface area contributed by atoms with Gasteiger partial charge in [0.25, 0.3) is 0 Å². The summed E-state index contributed by atoms with van der Waals surface area (Å²) in [6, 6.07) is 0. The topological polar surface area (TPSA) is 52.6 Å². The maximum atomic E-state index is 12.9. The van der Waals surface area contributed by atoms with Crippen molar-refractivity contribution in [1.29, 1.82) is 0 Å². The molecular weight excluding hydrogens is 203 g/mol. The van der Waals surface area contributed by atoms with Crippen molar-refractivity contribution in [1.82, 2.24) is 0 Å². The van der Waals surface area contributed by atoms with Gasteiger partial charge in [-0.3, -0.25) is 0 Å². The molecule has 0 aromatic carbocycles. The molecule has 0 heterocycles. The van der Waals surface area contributed by atoms with E-state index in [4.69, 9.17) is 0 Å². The number of halogens is 1. The minimum Gasteiger partial charge on any atom is -0.462 e. The second-order valence-corrected chi connectivity index (χ2v) is 2.80. The molecule has 0 bridgehead atoms. The highest BCUT2D eigenvalue weighted by Gasteiger charge is 2.12. The Balaban J connectivity index is 4.05. The normalized spacial score (nSPS) is 11.0. The molecule has 0 saturated heterocycles. The molecule has 0 atom stereocenters. The van der Waals surface area contributed by atoms with Gasteiger partial charge in [-0.1, -0.05) is 13.8 Å². The average Bonchev–Trinajstić information content (AvgIpc) is 2.22. The highest BCUT2D eigenvalue weighted by Crippen LogP contribution is 2.01. The van der Waals surface area contributed by atoms with Crippen LogP contribution in [0.3, 0.4) is 0 Å². The van der Waals surface area contributed by atoms with Gasteiger partial charge in [-0.2, -0.15) is 4.39 Å². The van der Waals surface area contributed by atoms with Crippen LogP contribution >= 0.6 is 0 Å². The third kappa shape index (κ3) is 6.65. The Morgan fingerprint density at radius 1 is 1.13 bits per heavy atom. The van der Waals surface area contributed by atoms with Gasteiger partial charge in [0.15, 0.2) is 0 Å². The smallest absolute Gasteiger partial charge is 0.367 e. The predicted molar refractivity (Wildman–Crippen MR) is 51.7 cm³/mol. The van der Waals surface area contributed by atoms with Crippen LogP contribution in [0.5, 0.6) is 0 Å². The van der Waals surface area contributed by atoms with Crippen molar-refractivity contribution in [2.24, 2.45) is 0 Å². The van der Waals surface area contributed by atoms with Crippen LogP contribution < -0.4 is 0 Å². The minimum absolute atomic E-state index is 0.129. The zero-order valence-electron chi connectivity index (χ0n) is 8.92. The molecule has 0 rings (SSSR count). The minimum atomic E-state index is -1.23. The summed E-state index contributed by atoms with van der Waals surface area (Å²) in [7, 11) is 0. The Kier molecular flexibility index (Phi) is 7.23. The van der Waals surface area contributed by atoms with Gasteiger partial charge in [-0.25, -0.2) is 9.59 Å². The van der Waals surface area contributed by atoms with E-state index in [1.807, 2.05) is 6.92 Å². The molecule has 5 heteroatoms. The first-order valence-electron chi connectivity index (χ1n) is 4.82. The number of hydrogen-bond donors (Lipinski definition) is 0. The quantitative estimate of drug-likeness (QED) is 0.503. The lowest BCUT2D eigenvalue weighted by molar-refractivity contribution is -0.142. The van der Waals surface area contributed by atoms with Crippen molar-refractivity contribution in [3.63, 3.8) is 0 Å². The average molecular weight is 218 g/mol. The van der Waals surface area contributed by atoms with Crippen LogP contribution in [0, 0.1) is 0 Å². The molecule has 4 nitrogen and oxygen atoms in total. The summed E-state index contributed by atoms with van der Waals surface area (Å²) in [5.41, 5.74) is 0. The van der Waals surface area contributed by atoms with Crippen LogP contribution in [-0.4, -0.2) is 25.2 Å². The molecule has 0 radical (unpaired) electrons. The van der Waals surface area contributed by atoms with E-state index < -0.39 is 17.8 Å². The molecule has 0 aliphatic heterocycles. The van der Waals surface area contributed by atoms with Gasteiger partial charge >= 0.3 is 11.9 Å². The number of carbonyl (C=O) groups is 2. The molecule has 86 valence electrons. The van der Waals surface area contributed by atoms with Crippen molar-refractivity contribution in [2.45, 2.75) is 26.7 Å². The first kappa shape index (κ1) is 13.6. The molecular formula is C10H15FO4. The molecule has 15 heavy (non-hydrogen) atoms. The molecule has 0 spiro atoms. The Hall–Kier alpha value is -1.39. The highest BCUT2D eigenvalue weighted by atomic mass is 19.1. The fourth-order valence-corrected chi connectivity index (χ4v) is 0.670. The third-order valence-corrected chi connectivity index (χ3v) is 1.33. The van der Waals surface area contributed by atoms with Gasteiger partial charge in [-0.15, -0.1) is 0 Å². The first-order chi connectivity index (χ1) is 7.11. The van der Waals surface area contributed by atoms with E-state index in [0.717, 1.165) is 0 Å². The van der Waals surface area contributed by atoms with Crippen LogP contribution in [0.4, 0.5) is 4.39 Å². The van der Waals surface area contributed by atoms with Crippen LogP contribution in [-0.2, 0) is 19.1 Å². The largest absolute Gasteiger partial charge is 0.462 e. The SMILES string of the molecule is CCCOC(=O)C=C(F)C(=O)OCCC. The third-order valence-electron chi connectivity index (χ3n) is 1.33. The van der Waals surface area contributed by atoms with Crippen molar-refractivity contribution < 1.29 is 23.5 Å². The van der Waals surface area contributed by atoms with Crippen molar-refractivity contribution in [3.8, 4) is 0 Å². The summed E-state index contributed by atoms with van der Waals surface area (Å²) in [6.45, 7) is 3.92. The zero-order chi connectivity index (χ0) is 11.7. The lowest BCUT2D eigenvalue weighted by Crippen LogP contribution is -2.09. The molecule has 0 aliphatic carbocycles. The fourth-order valence-electron chi connectivity index (χ4n) is 0.670. The lowest BCUT2D eigenvalue weighted by atomic mass is 10.4. The van der Waals surface area contributed by atoms with E-state index in [9.17, 15) is 14.0 Å². The van der Waals surface area contributed by atoms with E-state index >= 15 is 0 Å². The summed E-state index contributed by atoms with van der Waals surface area (Å²) in [4.78, 5) is 21.7. The highest BCUT2D eigenvalue weighted by molar-refractivity contribution is 5.94. The molecule has 0 aliphatic rings. The molecule has 0 unspecified atom stereocenters. The summed E-state index contributed by atoms with van der Waals surface area (Å²) in [6.07, 6.45) is 1.73. The van der Waals surface area contributed by atoms with Crippen molar-refractivity contribution in [3.05, 3.63) is 11.9 Å². The number of esters is 2. The molecule has 0 saturated carbocycles. The van der Waals surface area contributed by atoms with Gasteiger partial charge in [0, 0.05) is 0 Å². The maximum absolute atomic E-state index is 12.9. The van der Waals surface area contributed by atoms with Crippen molar-refractivity contribution >= 4 is 11.9 Å². The first-order valence-corrected chi connectivity index (χ1v) is 4.82. The van der Waals surface area contributed by atoms with E-state index in [0.29, 0.717) is 18.9 Å². The van der Waals surface area contributed by atoms with Gasteiger partial charge in [0.05, 0.1) is 19.3 Å². The Morgan fingerprint density at radius 2 is 1.67 bits per heavy atom. The summed E-state index contributed by atoms with van der Waals surface area (Å²) < 4.78 is 21.9. The molecule has 0 fully saturated rings. The Morgan fingerprint density at radius 3 is 2.20 bits per heavy atom.